The predicted octanol–water partition coefficient (Wildman–Crippen LogP) is 5.71. The van der Waals surface area contributed by atoms with Crippen LogP contribution in [0.5, 0.6) is 0 Å². The van der Waals surface area contributed by atoms with Crippen molar-refractivity contribution in [2.24, 2.45) is 0 Å². The van der Waals surface area contributed by atoms with E-state index >= 15 is 0 Å². The third-order valence-corrected chi connectivity index (χ3v) is 3.64. The number of nitriles is 1. The predicted molar refractivity (Wildman–Crippen MR) is 81.4 cm³/mol. The number of hydrogen-bond acceptors (Lipinski definition) is 1. The Morgan fingerprint density at radius 3 is 2.32 bits per heavy atom. The molecule has 0 saturated heterocycles. The first-order chi connectivity index (χ1) is 9.11. The Morgan fingerprint density at radius 1 is 0.947 bits per heavy atom. The molecule has 0 atom stereocenters. The Bertz CT molecular complexity index is 684. The standard InChI is InChI=1S/C15H8Cl3N/c16-13-4-2-1-3-11(13)7-12(9-19)10-5-6-14(17)15(18)8-10/h1-8H/b12-7-. The number of benzene rings is 2. The minimum absolute atomic E-state index is 0.416. The third kappa shape index (κ3) is 3.30. The number of rotatable bonds is 2. The van der Waals surface area contributed by atoms with E-state index in [0.717, 1.165) is 5.56 Å². The molecule has 0 bridgehead atoms. The second kappa shape index (κ2) is 6.12. The van der Waals surface area contributed by atoms with Crippen molar-refractivity contribution in [3.63, 3.8) is 0 Å². The molecule has 0 aromatic heterocycles. The van der Waals surface area contributed by atoms with Crippen LogP contribution in [-0.2, 0) is 0 Å². The van der Waals surface area contributed by atoms with Gasteiger partial charge in [-0.2, -0.15) is 5.26 Å². The van der Waals surface area contributed by atoms with Gasteiger partial charge in [-0.05, 0) is 35.4 Å². The van der Waals surface area contributed by atoms with Crippen LogP contribution in [0, 0.1) is 11.3 Å². The van der Waals surface area contributed by atoms with Crippen molar-refractivity contribution in [3.05, 3.63) is 68.7 Å². The number of allylic oxidation sites excluding steroid dienone is 1. The molecule has 0 amide bonds. The van der Waals surface area contributed by atoms with Crippen LogP contribution in [0.3, 0.4) is 0 Å². The van der Waals surface area contributed by atoms with E-state index in [1.54, 1.807) is 30.3 Å². The summed E-state index contributed by atoms with van der Waals surface area (Å²) in [6.07, 6.45) is 1.72. The van der Waals surface area contributed by atoms with E-state index in [9.17, 15) is 5.26 Å². The molecule has 2 aromatic rings. The molecule has 0 aliphatic rings. The number of nitrogens with zero attached hydrogens (tertiary/aromatic N) is 1. The summed E-state index contributed by atoms with van der Waals surface area (Å²) < 4.78 is 0. The first-order valence-corrected chi connectivity index (χ1v) is 6.57. The molecular weight excluding hydrogens is 301 g/mol. The lowest BCUT2D eigenvalue weighted by Crippen LogP contribution is -1.83. The topological polar surface area (TPSA) is 23.8 Å². The summed E-state index contributed by atoms with van der Waals surface area (Å²) in [4.78, 5) is 0. The number of hydrogen-bond donors (Lipinski definition) is 0. The van der Waals surface area contributed by atoms with Crippen LogP contribution in [0.1, 0.15) is 11.1 Å². The lowest BCUT2D eigenvalue weighted by Gasteiger charge is -2.03. The fourth-order valence-corrected chi connectivity index (χ4v) is 2.08. The Morgan fingerprint density at radius 2 is 1.68 bits per heavy atom. The molecule has 0 saturated carbocycles. The van der Waals surface area contributed by atoms with Crippen molar-refractivity contribution >= 4 is 46.5 Å². The fourth-order valence-electron chi connectivity index (χ4n) is 1.59. The Labute approximate surface area is 126 Å². The van der Waals surface area contributed by atoms with Gasteiger partial charge < -0.3 is 0 Å². The van der Waals surface area contributed by atoms with Gasteiger partial charge in [0.25, 0.3) is 0 Å². The van der Waals surface area contributed by atoms with E-state index in [2.05, 4.69) is 6.07 Å². The summed E-state index contributed by atoms with van der Waals surface area (Å²) in [6.45, 7) is 0. The van der Waals surface area contributed by atoms with Crippen molar-refractivity contribution < 1.29 is 0 Å². The molecule has 1 nitrogen and oxygen atoms in total. The lowest BCUT2D eigenvalue weighted by atomic mass is 10.0. The van der Waals surface area contributed by atoms with Crippen LogP contribution in [0.4, 0.5) is 0 Å². The smallest absolute Gasteiger partial charge is 0.0998 e. The summed E-state index contributed by atoms with van der Waals surface area (Å²) >= 11 is 17.9. The summed E-state index contributed by atoms with van der Waals surface area (Å²) in [5, 5.41) is 10.7. The van der Waals surface area contributed by atoms with Gasteiger partial charge in [0.05, 0.1) is 21.7 Å². The Balaban J connectivity index is 2.49. The Kier molecular flexibility index (Phi) is 4.50. The minimum Gasteiger partial charge on any atom is -0.192 e. The van der Waals surface area contributed by atoms with Crippen molar-refractivity contribution in [1.29, 1.82) is 5.26 Å². The molecule has 0 spiro atoms. The first kappa shape index (κ1) is 14.0. The second-order valence-corrected chi connectivity index (χ2v) is 5.04. The molecule has 0 unspecified atom stereocenters. The van der Waals surface area contributed by atoms with Gasteiger partial charge in [0.1, 0.15) is 0 Å². The zero-order valence-corrected chi connectivity index (χ0v) is 12.0. The maximum Gasteiger partial charge on any atom is 0.0998 e. The molecular formula is C15H8Cl3N. The third-order valence-electron chi connectivity index (χ3n) is 2.56. The SMILES string of the molecule is N#C/C(=C/c1ccccc1Cl)c1ccc(Cl)c(Cl)c1. The van der Waals surface area contributed by atoms with Crippen LogP contribution < -0.4 is 0 Å². The largest absolute Gasteiger partial charge is 0.192 e. The van der Waals surface area contributed by atoms with Gasteiger partial charge in [0, 0.05) is 5.02 Å². The highest BCUT2D eigenvalue weighted by Crippen LogP contribution is 2.28. The van der Waals surface area contributed by atoms with Crippen LogP contribution in [0.15, 0.2) is 42.5 Å². The zero-order chi connectivity index (χ0) is 13.8. The highest BCUT2D eigenvalue weighted by molar-refractivity contribution is 6.42. The molecule has 0 heterocycles. The van der Waals surface area contributed by atoms with Gasteiger partial charge >= 0.3 is 0 Å². The number of halogens is 3. The molecule has 0 N–H and O–H groups in total. The first-order valence-electron chi connectivity index (χ1n) is 5.43. The van der Waals surface area contributed by atoms with Crippen molar-refractivity contribution in [2.75, 3.05) is 0 Å². The molecule has 0 radical (unpaired) electrons. The molecule has 0 fully saturated rings. The van der Waals surface area contributed by atoms with Gasteiger partial charge in [0.15, 0.2) is 0 Å². The normalized spacial score (nSPS) is 11.2. The van der Waals surface area contributed by atoms with Gasteiger partial charge in [-0.1, -0.05) is 59.1 Å². The highest BCUT2D eigenvalue weighted by Gasteiger charge is 2.05. The van der Waals surface area contributed by atoms with E-state index in [1.807, 2.05) is 18.2 Å². The Hall–Kier alpha value is -1.46. The zero-order valence-electron chi connectivity index (χ0n) is 9.70. The van der Waals surface area contributed by atoms with Crippen molar-refractivity contribution in [1.82, 2.24) is 0 Å². The van der Waals surface area contributed by atoms with E-state index in [-0.39, 0.29) is 0 Å². The minimum atomic E-state index is 0.416. The van der Waals surface area contributed by atoms with Gasteiger partial charge in [0.2, 0.25) is 0 Å². The molecule has 2 rings (SSSR count). The maximum atomic E-state index is 9.25. The monoisotopic (exact) mass is 307 g/mol. The van der Waals surface area contributed by atoms with Gasteiger partial charge in [-0.25, -0.2) is 0 Å². The van der Waals surface area contributed by atoms with Crippen LogP contribution >= 0.6 is 34.8 Å². The van der Waals surface area contributed by atoms with E-state index in [1.165, 1.54) is 0 Å². The summed E-state index contributed by atoms with van der Waals surface area (Å²) in [6, 6.07) is 14.5. The molecule has 19 heavy (non-hydrogen) atoms. The molecule has 94 valence electrons. The summed E-state index contributed by atoms with van der Waals surface area (Å²) in [7, 11) is 0. The average molecular weight is 309 g/mol. The van der Waals surface area contributed by atoms with Crippen molar-refractivity contribution in [3.8, 4) is 6.07 Å². The molecule has 0 aliphatic heterocycles. The lowest BCUT2D eigenvalue weighted by molar-refractivity contribution is 1.52. The maximum absolute atomic E-state index is 9.25. The second-order valence-electron chi connectivity index (χ2n) is 3.82. The molecule has 0 aliphatic carbocycles. The van der Waals surface area contributed by atoms with Crippen molar-refractivity contribution in [2.45, 2.75) is 0 Å². The van der Waals surface area contributed by atoms with E-state index in [4.69, 9.17) is 34.8 Å². The van der Waals surface area contributed by atoms with E-state index < -0.39 is 0 Å². The van der Waals surface area contributed by atoms with Crippen LogP contribution in [0.25, 0.3) is 11.6 Å². The van der Waals surface area contributed by atoms with Gasteiger partial charge in [-0.3, -0.25) is 0 Å². The van der Waals surface area contributed by atoms with Crippen LogP contribution in [-0.4, -0.2) is 0 Å². The average Bonchev–Trinajstić information content (AvgIpc) is 2.41. The molecule has 4 heteroatoms. The fraction of sp³-hybridized carbons (Fsp3) is 0. The highest BCUT2D eigenvalue weighted by atomic mass is 35.5. The summed E-state index contributed by atoms with van der Waals surface area (Å²) in [5.41, 5.74) is 1.97. The molecule has 2 aromatic carbocycles. The van der Waals surface area contributed by atoms with Crippen LogP contribution in [0.2, 0.25) is 15.1 Å². The van der Waals surface area contributed by atoms with E-state index in [0.29, 0.717) is 26.2 Å². The van der Waals surface area contributed by atoms with Gasteiger partial charge in [-0.15, -0.1) is 0 Å². The summed E-state index contributed by atoms with van der Waals surface area (Å²) in [5.74, 6) is 0. The quantitative estimate of drug-likeness (QED) is 0.515.